The van der Waals surface area contributed by atoms with Crippen LogP contribution in [-0.4, -0.2) is 35.0 Å². The van der Waals surface area contributed by atoms with Crippen molar-refractivity contribution in [1.82, 2.24) is 14.9 Å². The molecule has 1 saturated heterocycles. The summed E-state index contributed by atoms with van der Waals surface area (Å²) in [6.45, 7) is 4.40. The maximum Gasteiger partial charge on any atom is 0.227 e. The van der Waals surface area contributed by atoms with Crippen LogP contribution in [0.1, 0.15) is 35.0 Å². The Morgan fingerprint density at radius 3 is 2.59 bits per heavy atom. The summed E-state index contributed by atoms with van der Waals surface area (Å²) in [5.41, 5.74) is 3.95. The summed E-state index contributed by atoms with van der Waals surface area (Å²) in [4.78, 5) is 32.2. The third kappa shape index (κ3) is 4.10. The summed E-state index contributed by atoms with van der Waals surface area (Å²) in [7, 11) is 3.51. The van der Waals surface area contributed by atoms with Gasteiger partial charge in [-0.1, -0.05) is 24.3 Å². The van der Waals surface area contributed by atoms with Crippen LogP contribution >= 0.6 is 0 Å². The monoisotopic (exact) mass is 432 g/mol. The molecule has 1 fully saturated rings. The Labute approximate surface area is 188 Å². The summed E-state index contributed by atoms with van der Waals surface area (Å²) in [5.74, 6) is 0.846. The molecule has 1 aromatic heterocycles. The molecule has 7 heteroatoms. The van der Waals surface area contributed by atoms with Crippen molar-refractivity contribution in [3.63, 3.8) is 0 Å². The molecule has 2 amide bonds. The summed E-state index contributed by atoms with van der Waals surface area (Å²) in [6.07, 6.45) is 3.74. The molecule has 0 radical (unpaired) electrons. The van der Waals surface area contributed by atoms with Crippen molar-refractivity contribution in [3.8, 4) is 5.75 Å². The average molecular weight is 433 g/mol. The number of rotatable bonds is 6. The molecular formula is C25H28N4O3. The second-order valence-electron chi connectivity index (χ2n) is 8.24. The summed E-state index contributed by atoms with van der Waals surface area (Å²) < 4.78 is 7.14. The second kappa shape index (κ2) is 8.86. The van der Waals surface area contributed by atoms with E-state index in [0.717, 1.165) is 34.0 Å². The zero-order valence-corrected chi connectivity index (χ0v) is 18.8. The lowest BCUT2D eigenvalue weighted by atomic mass is 10.0. The minimum atomic E-state index is -0.432. The van der Waals surface area contributed by atoms with Crippen LogP contribution in [0.3, 0.4) is 0 Å². The lowest BCUT2D eigenvalue weighted by Gasteiger charge is -2.22. The maximum absolute atomic E-state index is 13.3. The van der Waals surface area contributed by atoms with Gasteiger partial charge >= 0.3 is 0 Å². The van der Waals surface area contributed by atoms with Crippen molar-refractivity contribution >= 4 is 17.5 Å². The van der Waals surface area contributed by atoms with Gasteiger partial charge in [0.25, 0.3) is 0 Å². The summed E-state index contributed by atoms with van der Waals surface area (Å²) in [6, 6.07) is 13.0. The number of aryl methyl sites for hydroxylation is 2. The molecule has 1 aliphatic heterocycles. The Bertz CT molecular complexity index is 1140. The molecule has 2 atom stereocenters. The quantitative estimate of drug-likeness (QED) is 0.648. The molecule has 1 aliphatic rings. The van der Waals surface area contributed by atoms with E-state index in [1.54, 1.807) is 18.2 Å². The number of carbonyl (C=O) groups is 2. The van der Waals surface area contributed by atoms with Gasteiger partial charge in [-0.3, -0.25) is 9.59 Å². The van der Waals surface area contributed by atoms with Crippen LogP contribution in [-0.2, 0) is 16.6 Å². The van der Waals surface area contributed by atoms with Gasteiger partial charge in [0.05, 0.1) is 13.0 Å². The van der Waals surface area contributed by atoms with Gasteiger partial charge in [-0.2, -0.15) is 0 Å². The van der Waals surface area contributed by atoms with Crippen LogP contribution in [0.25, 0.3) is 0 Å². The third-order valence-electron chi connectivity index (χ3n) is 6.22. The first-order valence-corrected chi connectivity index (χ1v) is 10.7. The SMILES string of the molecule is COc1ccc(C(NC(=O)C2CC(=O)N(c3cccc(C)c3C)C2)c2nccn2C)cc1. The van der Waals surface area contributed by atoms with Gasteiger partial charge in [-0.15, -0.1) is 0 Å². The smallest absolute Gasteiger partial charge is 0.227 e. The lowest BCUT2D eigenvalue weighted by Crippen LogP contribution is -2.37. The molecule has 0 aliphatic carbocycles. The van der Waals surface area contributed by atoms with Gasteiger partial charge in [0.2, 0.25) is 11.8 Å². The van der Waals surface area contributed by atoms with Crippen LogP contribution in [0.15, 0.2) is 54.9 Å². The highest BCUT2D eigenvalue weighted by molar-refractivity contribution is 6.01. The van der Waals surface area contributed by atoms with Crippen molar-refractivity contribution in [2.45, 2.75) is 26.3 Å². The van der Waals surface area contributed by atoms with E-state index in [2.05, 4.69) is 10.3 Å². The number of nitrogens with zero attached hydrogens (tertiary/aromatic N) is 3. The second-order valence-corrected chi connectivity index (χ2v) is 8.24. The molecule has 7 nitrogen and oxygen atoms in total. The molecule has 32 heavy (non-hydrogen) atoms. The Hall–Kier alpha value is -3.61. The number of imidazole rings is 1. The standard InChI is InChI=1S/C25H28N4O3/c1-16-6-5-7-21(17(16)2)29-15-19(14-22(29)30)25(31)27-23(24-26-12-13-28(24)3)18-8-10-20(32-4)11-9-18/h5-13,19,23H,14-15H2,1-4H3,(H,27,31). The predicted octanol–water partition coefficient (Wildman–Crippen LogP) is 3.30. The number of nitrogens with one attached hydrogen (secondary N) is 1. The highest BCUT2D eigenvalue weighted by atomic mass is 16.5. The first-order chi connectivity index (χ1) is 15.4. The number of ether oxygens (including phenoxy) is 1. The van der Waals surface area contributed by atoms with E-state index in [1.165, 1.54) is 0 Å². The molecule has 2 heterocycles. The number of hydrogen-bond acceptors (Lipinski definition) is 4. The fourth-order valence-electron chi connectivity index (χ4n) is 4.15. The zero-order chi connectivity index (χ0) is 22.8. The van der Waals surface area contributed by atoms with E-state index in [-0.39, 0.29) is 18.2 Å². The van der Waals surface area contributed by atoms with Gasteiger partial charge in [0, 0.05) is 38.1 Å². The fraction of sp³-hybridized carbons (Fsp3) is 0.320. The maximum atomic E-state index is 13.3. The number of anilines is 1. The van der Waals surface area contributed by atoms with Gasteiger partial charge in [-0.05, 0) is 48.7 Å². The van der Waals surface area contributed by atoms with Gasteiger partial charge in [0.1, 0.15) is 17.6 Å². The van der Waals surface area contributed by atoms with E-state index < -0.39 is 12.0 Å². The first-order valence-electron chi connectivity index (χ1n) is 10.7. The van der Waals surface area contributed by atoms with Crippen LogP contribution in [0.2, 0.25) is 0 Å². The van der Waals surface area contributed by atoms with E-state index in [1.807, 2.05) is 74.1 Å². The normalized spacial score (nSPS) is 16.8. The fourth-order valence-corrected chi connectivity index (χ4v) is 4.15. The Kier molecular flexibility index (Phi) is 5.99. The van der Waals surface area contributed by atoms with Crippen molar-refractivity contribution < 1.29 is 14.3 Å². The number of methoxy groups -OCH3 is 1. The molecule has 4 rings (SSSR count). The zero-order valence-electron chi connectivity index (χ0n) is 18.8. The number of aromatic nitrogens is 2. The molecule has 0 bridgehead atoms. The summed E-state index contributed by atoms with van der Waals surface area (Å²) in [5, 5.41) is 3.13. The largest absolute Gasteiger partial charge is 0.497 e. The third-order valence-corrected chi connectivity index (χ3v) is 6.22. The average Bonchev–Trinajstić information content (AvgIpc) is 3.39. The minimum Gasteiger partial charge on any atom is -0.497 e. The van der Waals surface area contributed by atoms with Crippen LogP contribution < -0.4 is 15.0 Å². The van der Waals surface area contributed by atoms with E-state index in [9.17, 15) is 9.59 Å². The van der Waals surface area contributed by atoms with Gasteiger partial charge in [-0.25, -0.2) is 4.98 Å². The number of benzene rings is 2. The number of hydrogen-bond donors (Lipinski definition) is 1. The Morgan fingerprint density at radius 2 is 1.94 bits per heavy atom. The topological polar surface area (TPSA) is 76.5 Å². The molecule has 166 valence electrons. The lowest BCUT2D eigenvalue weighted by molar-refractivity contribution is -0.126. The predicted molar refractivity (Wildman–Crippen MR) is 123 cm³/mol. The van der Waals surface area contributed by atoms with E-state index in [4.69, 9.17) is 4.74 Å². The van der Waals surface area contributed by atoms with Crippen LogP contribution in [0.4, 0.5) is 5.69 Å². The highest BCUT2D eigenvalue weighted by Gasteiger charge is 2.37. The molecule has 2 aromatic carbocycles. The number of amides is 2. The highest BCUT2D eigenvalue weighted by Crippen LogP contribution is 2.30. The molecule has 3 aromatic rings. The molecule has 0 spiro atoms. The number of carbonyl (C=O) groups excluding carboxylic acids is 2. The Morgan fingerprint density at radius 1 is 1.19 bits per heavy atom. The van der Waals surface area contributed by atoms with Crippen molar-refractivity contribution in [2.75, 3.05) is 18.6 Å². The van der Waals surface area contributed by atoms with Crippen LogP contribution in [0.5, 0.6) is 5.75 Å². The van der Waals surface area contributed by atoms with Crippen LogP contribution in [0, 0.1) is 19.8 Å². The Balaban J connectivity index is 1.56. The minimum absolute atomic E-state index is 0.0307. The molecule has 1 N–H and O–H groups in total. The van der Waals surface area contributed by atoms with E-state index >= 15 is 0 Å². The van der Waals surface area contributed by atoms with Gasteiger partial charge < -0.3 is 19.5 Å². The van der Waals surface area contributed by atoms with Crippen molar-refractivity contribution in [1.29, 1.82) is 0 Å². The van der Waals surface area contributed by atoms with Crippen molar-refractivity contribution in [3.05, 3.63) is 77.4 Å². The summed E-state index contributed by atoms with van der Waals surface area (Å²) >= 11 is 0. The van der Waals surface area contributed by atoms with Crippen molar-refractivity contribution in [2.24, 2.45) is 13.0 Å². The van der Waals surface area contributed by atoms with Gasteiger partial charge in [0.15, 0.2) is 0 Å². The molecular weight excluding hydrogens is 404 g/mol. The molecule has 2 unspecified atom stereocenters. The molecule has 0 saturated carbocycles. The first kappa shape index (κ1) is 21.6. The van der Waals surface area contributed by atoms with E-state index in [0.29, 0.717) is 6.54 Å².